The van der Waals surface area contributed by atoms with E-state index in [1.54, 1.807) is 12.0 Å². The van der Waals surface area contributed by atoms with E-state index in [2.05, 4.69) is 36.4 Å². The van der Waals surface area contributed by atoms with Crippen LogP contribution in [-0.2, 0) is 16.1 Å². The Kier molecular flexibility index (Phi) is 6.19. The molecule has 1 saturated heterocycles. The molecular weight excluding hydrogens is 358 g/mol. The van der Waals surface area contributed by atoms with E-state index in [0.29, 0.717) is 23.2 Å². The summed E-state index contributed by atoms with van der Waals surface area (Å²) in [6.07, 6.45) is 1.98. The van der Waals surface area contributed by atoms with E-state index in [0.717, 1.165) is 17.8 Å². The third-order valence-electron chi connectivity index (χ3n) is 4.60. The standard InChI is InChI=1S/C21H25N3O2S/c1-5-23-15(2)13-17(16(23)3)14-19-20(25)24(11-12-26-4)21(27-19)22-18-9-7-6-8-10-18/h6-10,13-14H,5,11-12H2,1-4H3/b19-14-,22-21?. The fraction of sp³-hybridized carbons (Fsp3) is 0.333. The lowest BCUT2D eigenvalue weighted by atomic mass is 10.2. The smallest absolute Gasteiger partial charge is 0.266 e. The van der Waals surface area contributed by atoms with Gasteiger partial charge in [-0.25, -0.2) is 4.99 Å². The number of benzene rings is 1. The highest BCUT2D eigenvalue weighted by Gasteiger charge is 2.33. The molecule has 5 nitrogen and oxygen atoms in total. The second kappa shape index (κ2) is 8.59. The number of para-hydroxylation sites is 1. The van der Waals surface area contributed by atoms with E-state index in [4.69, 9.17) is 4.74 Å². The first-order chi connectivity index (χ1) is 13.0. The number of amides is 1. The number of ether oxygens (including phenoxy) is 1. The summed E-state index contributed by atoms with van der Waals surface area (Å²) in [6.45, 7) is 8.19. The molecule has 3 rings (SSSR count). The molecule has 142 valence electrons. The molecular formula is C21H25N3O2S. The van der Waals surface area contributed by atoms with Crippen molar-refractivity contribution in [3.63, 3.8) is 0 Å². The zero-order chi connectivity index (χ0) is 19.4. The molecule has 1 aromatic heterocycles. The topological polar surface area (TPSA) is 46.8 Å². The van der Waals surface area contributed by atoms with Crippen LogP contribution in [-0.4, -0.2) is 40.8 Å². The first-order valence-electron chi connectivity index (χ1n) is 9.06. The Bertz CT molecular complexity index is 884. The van der Waals surface area contributed by atoms with Crippen LogP contribution in [0.15, 0.2) is 46.3 Å². The number of aliphatic imine (C=N–C) groups is 1. The van der Waals surface area contributed by atoms with E-state index in [1.807, 2.05) is 36.4 Å². The van der Waals surface area contributed by atoms with Gasteiger partial charge in [0.1, 0.15) is 0 Å². The minimum atomic E-state index is -0.0203. The van der Waals surface area contributed by atoms with Gasteiger partial charge >= 0.3 is 0 Å². The van der Waals surface area contributed by atoms with Crippen LogP contribution in [0.5, 0.6) is 0 Å². The summed E-state index contributed by atoms with van der Waals surface area (Å²) in [5.74, 6) is -0.0203. The number of carbonyl (C=O) groups is 1. The molecule has 0 bridgehead atoms. The van der Waals surface area contributed by atoms with Gasteiger partial charge in [0, 0.05) is 25.0 Å². The minimum Gasteiger partial charge on any atom is -0.383 e. The van der Waals surface area contributed by atoms with E-state index in [9.17, 15) is 4.79 Å². The van der Waals surface area contributed by atoms with Crippen LogP contribution in [0.2, 0.25) is 0 Å². The number of nitrogens with zero attached hydrogens (tertiary/aromatic N) is 3. The number of aromatic nitrogens is 1. The Morgan fingerprint density at radius 2 is 1.96 bits per heavy atom. The van der Waals surface area contributed by atoms with E-state index in [1.165, 1.54) is 23.1 Å². The maximum atomic E-state index is 13.0. The van der Waals surface area contributed by atoms with Crippen molar-refractivity contribution in [3.05, 3.63) is 58.3 Å². The van der Waals surface area contributed by atoms with Gasteiger partial charge in [0.2, 0.25) is 0 Å². The number of thioether (sulfide) groups is 1. The Labute approximate surface area is 164 Å². The van der Waals surface area contributed by atoms with Crippen LogP contribution in [0.25, 0.3) is 6.08 Å². The molecule has 0 spiro atoms. The summed E-state index contributed by atoms with van der Waals surface area (Å²) in [7, 11) is 1.64. The Balaban J connectivity index is 1.96. The normalized spacial score (nSPS) is 17.5. The SMILES string of the molecule is CCn1c(C)cc(/C=C2\SC(=Nc3ccccc3)N(CCOC)C2=O)c1C. The van der Waals surface area contributed by atoms with Gasteiger partial charge < -0.3 is 9.30 Å². The lowest BCUT2D eigenvalue weighted by molar-refractivity contribution is -0.122. The fourth-order valence-electron chi connectivity index (χ4n) is 3.19. The van der Waals surface area contributed by atoms with Crippen molar-refractivity contribution in [2.24, 2.45) is 4.99 Å². The number of carbonyl (C=O) groups excluding carboxylic acids is 1. The second-order valence-corrected chi connectivity index (χ2v) is 7.37. The molecule has 1 aliphatic rings. The predicted molar refractivity (Wildman–Crippen MR) is 112 cm³/mol. The van der Waals surface area contributed by atoms with Crippen LogP contribution in [0, 0.1) is 13.8 Å². The lowest BCUT2D eigenvalue weighted by Crippen LogP contribution is -2.32. The maximum absolute atomic E-state index is 13.0. The van der Waals surface area contributed by atoms with Crippen LogP contribution in [0.4, 0.5) is 5.69 Å². The summed E-state index contributed by atoms with van der Waals surface area (Å²) in [4.78, 5) is 20.1. The molecule has 1 aromatic carbocycles. The minimum absolute atomic E-state index is 0.0203. The molecule has 0 radical (unpaired) electrons. The van der Waals surface area contributed by atoms with Crippen molar-refractivity contribution >= 4 is 34.6 Å². The fourth-order valence-corrected chi connectivity index (χ4v) is 4.20. The molecule has 1 aliphatic heterocycles. The van der Waals surface area contributed by atoms with Crippen LogP contribution >= 0.6 is 11.8 Å². The third-order valence-corrected chi connectivity index (χ3v) is 5.61. The molecule has 0 N–H and O–H groups in total. The van der Waals surface area contributed by atoms with Crippen molar-refractivity contribution in [2.45, 2.75) is 27.3 Å². The molecule has 0 atom stereocenters. The summed E-state index contributed by atoms with van der Waals surface area (Å²) >= 11 is 1.42. The van der Waals surface area contributed by atoms with Gasteiger partial charge in [-0.2, -0.15) is 0 Å². The number of rotatable bonds is 6. The van der Waals surface area contributed by atoms with Crippen LogP contribution < -0.4 is 0 Å². The van der Waals surface area contributed by atoms with Gasteiger partial charge in [-0.05, 0) is 62.4 Å². The molecule has 2 aromatic rings. The maximum Gasteiger partial charge on any atom is 0.266 e. The van der Waals surface area contributed by atoms with Gasteiger partial charge in [-0.15, -0.1) is 0 Å². The third kappa shape index (κ3) is 4.17. The van der Waals surface area contributed by atoms with E-state index < -0.39 is 0 Å². The highest BCUT2D eigenvalue weighted by Crippen LogP contribution is 2.34. The molecule has 0 unspecified atom stereocenters. The quantitative estimate of drug-likeness (QED) is 0.696. The Hall–Kier alpha value is -2.31. The molecule has 6 heteroatoms. The Morgan fingerprint density at radius 3 is 2.59 bits per heavy atom. The highest BCUT2D eigenvalue weighted by atomic mass is 32.2. The first-order valence-corrected chi connectivity index (χ1v) is 9.87. The van der Waals surface area contributed by atoms with Gasteiger partial charge in [0.15, 0.2) is 5.17 Å². The van der Waals surface area contributed by atoms with Gasteiger partial charge in [0.05, 0.1) is 23.7 Å². The van der Waals surface area contributed by atoms with Crippen molar-refractivity contribution < 1.29 is 9.53 Å². The molecule has 0 aliphatic carbocycles. The Morgan fingerprint density at radius 1 is 1.22 bits per heavy atom. The lowest BCUT2D eigenvalue weighted by Gasteiger charge is -2.14. The van der Waals surface area contributed by atoms with Crippen LogP contribution in [0.3, 0.4) is 0 Å². The van der Waals surface area contributed by atoms with E-state index in [-0.39, 0.29) is 5.91 Å². The molecule has 27 heavy (non-hydrogen) atoms. The number of methoxy groups -OCH3 is 1. The molecule has 2 heterocycles. The predicted octanol–water partition coefficient (Wildman–Crippen LogP) is 4.38. The van der Waals surface area contributed by atoms with Crippen molar-refractivity contribution in [2.75, 3.05) is 20.3 Å². The monoisotopic (exact) mass is 383 g/mol. The summed E-state index contributed by atoms with van der Waals surface area (Å²) in [6, 6.07) is 11.8. The van der Waals surface area contributed by atoms with Gasteiger partial charge in [-0.1, -0.05) is 18.2 Å². The van der Waals surface area contributed by atoms with Crippen LogP contribution in [0.1, 0.15) is 23.9 Å². The average Bonchev–Trinajstić information content (AvgIpc) is 3.10. The van der Waals surface area contributed by atoms with Gasteiger partial charge in [0.25, 0.3) is 5.91 Å². The number of hydrogen-bond acceptors (Lipinski definition) is 4. The average molecular weight is 384 g/mol. The summed E-state index contributed by atoms with van der Waals surface area (Å²) < 4.78 is 7.42. The largest absolute Gasteiger partial charge is 0.383 e. The second-order valence-electron chi connectivity index (χ2n) is 6.36. The summed E-state index contributed by atoms with van der Waals surface area (Å²) in [5, 5.41) is 0.693. The van der Waals surface area contributed by atoms with Crippen molar-refractivity contribution in [1.82, 2.24) is 9.47 Å². The van der Waals surface area contributed by atoms with Gasteiger partial charge in [-0.3, -0.25) is 9.69 Å². The number of amidine groups is 1. The molecule has 0 saturated carbocycles. The van der Waals surface area contributed by atoms with E-state index >= 15 is 0 Å². The zero-order valence-corrected chi connectivity index (χ0v) is 17.0. The number of aryl methyl sites for hydroxylation is 1. The van der Waals surface area contributed by atoms with Crippen molar-refractivity contribution in [1.29, 1.82) is 0 Å². The molecule has 1 fully saturated rings. The molecule has 1 amide bonds. The summed E-state index contributed by atoms with van der Waals surface area (Å²) in [5.41, 5.74) is 4.29. The first kappa shape index (κ1) is 19.5. The van der Waals surface area contributed by atoms with Crippen molar-refractivity contribution in [3.8, 4) is 0 Å². The number of hydrogen-bond donors (Lipinski definition) is 0. The zero-order valence-electron chi connectivity index (χ0n) is 16.2. The highest BCUT2D eigenvalue weighted by molar-refractivity contribution is 8.18.